The van der Waals surface area contributed by atoms with Gasteiger partial charge in [0, 0.05) is 75.7 Å². The second-order valence-corrected chi connectivity index (χ2v) is 11.4. The van der Waals surface area contributed by atoms with E-state index in [4.69, 9.17) is 4.98 Å². The Balaban J connectivity index is 1.10. The van der Waals surface area contributed by atoms with Crippen LogP contribution in [0, 0.1) is 11.3 Å². The third-order valence-corrected chi connectivity index (χ3v) is 8.55. The number of nitrogens with zero attached hydrogens (tertiary/aromatic N) is 8. The van der Waals surface area contributed by atoms with Gasteiger partial charge in [-0.25, -0.2) is 4.98 Å². The number of anilines is 6. The van der Waals surface area contributed by atoms with E-state index in [2.05, 4.69) is 37.0 Å². The average Bonchev–Trinajstić information content (AvgIpc) is 3.55. The first-order valence-electron chi connectivity index (χ1n) is 15.1. The number of hydrogen-bond donors (Lipinski definition) is 3. The third kappa shape index (κ3) is 5.99. The lowest BCUT2D eigenvalue weighted by Crippen LogP contribution is -2.40. The molecule has 2 aromatic heterocycles. The van der Waals surface area contributed by atoms with E-state index in [1.54, 1.807) is 29.9 Å². The summed E-state index contributed by atoms with van der Waals surface area (Å²) >= 11 is 0. The van der Waals surface area contributed by atoms with E-state index in [0.29, 0.717) is 36.0 Å². The number of carbonyl (C=O) groups is 3. The van der Waals surface area contributed by atoms with Crippen LogP contribution in [0.5, 0.6) is 0 Å². The quantitative estimate of drug-likeness (QED) is 0.224. The largest absolute Gasteiger partial charge is 0.382 e. The fourth-order valence-electron chi connectivity index (χ4n) is 5.94. The molecule has 14 nitrogen and oxygen atoms in total. The number of rotatable bonds is 10. The molecule has 236 valence electrons. The zero-order chi connectivity index (χ0) is 32.4. The highest BCUT2D eigenvalue weighted by atomic mass is 16.2. The fourth-order valence-corrected chi connectivity index (χ4v) is 5.94. The van der Waals surface area contributed by atoms with Crippen LogP contribution >= 0.6 is 0 Å². The Hall–Kier alpha value is -5.71. The number of piperidine rings is 1. The molecule has 2 aliphatic heterocycles. The molecule has 0 saturated carbocycles. The Kier molecular flexibility index (Phi) is 8.39. The molecule has 0 aliphatic carbocycles. The molecule has 2 aromatic carbocycles. The van der Waals surface area contributed by atoms with Crippen LogP contribution < -0.4 is 30.7 Å². The number of nitrogens with one attached hydrogen (secondary N) is 3. The van der Waals surface area contributed by atoms with E-state index in [0.717, 1.165) is 59.5 Å². The van der Waals surface area contributed by atoms with Crippen LogP contribution in [0.2, 0.25) is 0 Å². The second-order valence-electron chi connectivity index (χ2n) is 11.4. The van der Waals surface area contributed by atoms with Crippen molar-refractivity contribution in [3.63, 3.8) is 0 Å². The summed E-state index contributed by atoms with van der Waals surface area (Å²) in [6, 6.07) is 14.0. The molecule has 0 spiro atoms. The number of nitriles is 1. The molecule has 0 unspecified atom stereocenters. The first kappa shape index (κ1) is 30.3. The van der Waals surface area contributed by atoms with Gasteiger partial charge in [0.15, 0.2) is 11.6 Å². The Labute approximate surface area is 266 Å². The number of aryl methyl sites for hydroxylation is 1. The van der Waals surface area contributed by atoms with Gasteiger partial charge in [-0.1, -0.05) is 0 Å². The van der Waals surface area contributed by atoms with Gasteiger partial charge >= 0.3 is 0 Å². The van der Waals surface area contributed by atoms with Crippen molar-refractivity contribution >= 4 is 63.8 Å². The Morgan fingerprint density at radius 3 is 2.67 bits per heavy atom. The van der Waals surface area contributed by atoms with Crippen LogP contribution in [0.15, 0.2) is 42.6 Å². The summed E-state index contributed by atoms with van der Waals surface area (Å²) in [5.41, 5.74) is 4.74. The number of fused-ring (bicyclic) bond motifs is 2. The molecule has 4 heterocycles. The SMILES string of the molecule is CNC(=O)CCN(C=O)c1nn(C)c2cc(NC3CCN(c4ncc(C#N)c(Nc5ccc6c(c5)CC(=O)N6C)n4)CC3)ccc12. The van der Waals surface area contributed by atoms with Gasteiger partial charge in [0.2, 0.25) is 24.2 Å². The molecule has 0 bridgehead atoms. The van der Waals surface area contributed by atoms with E-state index in [9.17, 15) is 19.6 Å². The zero-order valence-electron chi connectivity index (χ0n) is 25.9. The summed E-state index contributed by atoms with van der Waals surface area (Å²) < 4.78 is 1.74. The van der Waals surface area contributed by atoms with Crippen LogP contribution in [-0.2, 0) is 27.9 Å². The normalized spacial score (nSPS) is 14.6. The highest BCUT2D eigenvalue weighted by Gasteiger charge is 2.25. The molecule has 46 heavy (non-hydrogen) atoms. The molecule has 3 N–H and O–H groups in total. The van der Waals surface area contributed by atoms with E-state index in [1.807, 2.05) is 43.4 Å². The van der Waals surface area contributed by atoms with E-state index in [1.165, 1.54) is 4.90 Å². The average molecular weight is 622 g/mol. The molecular weight excluding hydrogens is 586 g/mol. The van der Waals surface area contributed by atoms with Crippen LogP contribution in [-0.4, -0.2) is 77.7 Å². The standard InChI is InChI=1S/C32H35N11O3/c1-34-28(45)10-13-43(19-44)31-25-6-4-24(16-27(25)41(3)39-31)36-22-8-11-42(12-9-22)32-35-18-21(17-33)30(38-32)37-23-5-7-26-20(14-23)15-29(46)40(26)2/h4-7,14,16,18-19,22,36H,8-13,15H2,1-3H3,(H,34,45)(H,35,37,38). The number of hydrogen-bond acceptors (Lipinski definition) is 10. The molecule has 1 fully saturated rings. The lowest BCUT2D eigenvalue weighted by atomic mass is 10.0. The van der Waals surface area contributed by atoms with Gasteiger partial charge in [-0.05, 0) is 54.8 Å². The smallest absolute Gasteiger partial charge is 0.231 e. The Morgan fingerprint density at radius 2 is 1.93 bits per heavy atom. The minimum Gasteiger partial charge on any atom is -0.382 e. The molecule has 1 saturated heterocycles. The maximum Gasteiger partial charge on any atom is 0.231 e. The lowest BCUT2D eigenvalue weighted by molar-refractivity contribution is -0.120. The van der Waals surface area contributed by atoms with Gasteiger partial charge in [0.05, 0.1) is 18.1 Å². The lowest BCUT2D eigenvalue weighted by Gasteiger charge is -2.33. The summed E-state index contributed by atoms with van der Waals surface area (Å²) in [5, 5.41) is 24.5. The predicted octanol–water partition coefficient (Wildman–Crippen LogP) is 2.68. The summed E-state index contributed by atoms with van der Waals surface area (Å²) in [6.07, 6.45) is 4.49. The van der Waals surface area contributed by atoms with Gasteiger partial charge < -0.3 is 25.8 Å². The summed E-state index contributed by atoms with van der Waals surface area (Å²) in [5.74, 6) is 1.41. The van der Waals surface area contributed by atoms with Gasteiger partial charge in [0.25, 0.3) is 0 Å². The Bertz CT molecular complexity index is 1860. The summed E-state index contributed by atoms with van der Waals surface area (Å²) in [6.45, 7) is 1.70. The van der Waals surface area contributed by atoms with Crippen molar-refractivity contribution in [1.29, 1.82) is 5.26 Å². The topological polar surface area (TPSA) is 164 Å². The number of benzene rings is 2. The predicted molar refractivity (Wildman–Crippen MR) is 175 cm³/mol. The minimum absolute atomic E-state index is 0.0515. The van der Waals surface area contributed by atoms with Crippen LogP contribution in [0.25, 0.3) is 10.9 Å². The minimum atomic E-state index is -0.143. The van der Waals surface area contributed by atoms with E-state index < -0.39 is 0 Å². The number of aromatic nitrogens is 4. The number of likely N-dealkylation sites (N-methyl/N-ethyl adjacent to an activating group) is 1. The van der Waals surface area contributed by atoms with Crippen LogP contribution in [0.1, 0.15) is 30.4 Å². The van der Waals surface area contributed by atoms with Crippen molar-refractivity contribution in [1.82, 2.24) is 25.1 Å². The van der Waals surface area contributed by atoms with Gasteiger partial charge in [0.1, 0.15) is 11.6 Å². The van der Waals surface area contributed by atoms with Crippen molar-refractivity contribution in [2.24, 2.45) is 7.05 Å². The number of carbonyl (C=O) groups excluding carboxylic acids is 3. The molecular formula is C32H35N11O3. The highest BCUT2D eigenvalue weighted by Crippen LogP contribution is 2.32. The van der Waals surface area contributed by atoms with Crippen molar-refractivity contribution in [2.45, 2.75) is 31.7 Å². The molecule has 3 amide bonds. The van der Waals surface area contributed by atoms with Crippen molar-refractivity contribution in [3.8, 4) is 6.07 Å². The first-order valence-corrected chi connectivity index (χ1v) is 15.1. The van der Waals surface area contributed by atoms with Crippen LogP contribution in [0.4, 0.5) is 34.6 Å². The maximum absolute atomic E-state index is 12.1. The van der Waals surface area contributed by atoms with Gasteiger partial charge in [-0.3, -0.25) is 24.0 Å². The molecule has 0 radical (unpaired) electrons. The summed E-state index contributed by atoms with van der Waals surface area (Å²) in [4.78, 5) is 50.0. The van der Waals surface area contributed by atoms with E-state index in [-0.39, 0.29) is 30.8 Å². The first-order chi connectivity index (χ1) is 22.3. The van der Waals surface area contributed by atoms with E-state index >= 15 is 0 Å². The summed E-state index contributed by atoms with van der Waals surface area (Å²) in [7, 11) is 5.17. The van der Waals surface area contributed by atoms with Crippen molar-refractivity contribution < 1.29 is 14.4 Å². The monoisotopic (exact) mass is 621 g/mol. The highest BCUT2D eigenvalue weighted by molar-refractivity contribution is 6.01. The Morgan fingerprint density at radius 1 is 1.15 bits per heavy atom. The molecule has 14 heteroatoms. The van der Waals surface area contributed by atoms with Gasteiger partial charge in [-0.2, -0.15) is 15.3 Å². The number of amides is 3. The molecule has 4 aromatic rings. The van der Waals surface area contributed by atoms with Crippen molar-refractivity contribution in [2.75, 3.05) is 59.1 Å². The molecule has 0 atom stereocenters. The van der Waals surface area contributed by atoms with Crippen LogP contribution in [0.3, 0.4) is 0 Å². The maximum atomic E-state index is 12.1. The fraction of sp³-hybridized carbons (Fsp3) is 0.344. The zero-order valence-corrected chi connectivity index (χ0v) is 25.9. The molecule has 2 aliphatic rings. The second kappa shape index (κ2) is 12.7. The molecule has 6 rings (SSSR count). The van der Waals surface area contributed by atoms with Crippen molar-refractivity contribution in [3.05, 3.63) is 53.7 Å². The third-order valence-electron chi connectivity index (χ3n) is 8.55. The van der Waals surface area contributed by atoms with Gasteiger partial charge in [-0.15, -0.1) is 0 Å².